The van der Waals surface area contributed by atoms with Crippen molar-refractivity contribution in [1.29, 1.82) is 0 Å². The van der Waals surface area contributed by atoms with E-state index in [2.05, 4.69) is 51.8 Å². The zero-order valence-electron chi connectivity index (χ0n) is 12.7. The van der Waals surface area contributed by atoms with E-state index in [1.165, 1.54) is 22.6 Å². The van der Waals surface area contributed by atoms with Gasteiger partial charge in [0.25, 0.3) is 0 Å². The summed E-state index contributed by atoms with van der Waals surface area (Å²) in [4.78, 5) is 13.1. The van der Waals surface area contributed by atoms with Gasteiger partial charge in [0.2, 0.25) is 0 Å². The van der Waals surface area contributed by atoms with Gasteiger partial charge in [-0.2, -0.15) is 0 Å². The van der Waals surface area contributed by atoms with Crippen LogP contribution in [-0.4, -0.2) is 34.0 Å². The second-order valence-corrected chi connectivity index (χ2v) is 5.98. The maximum Gasteiger partial charge on any atom is 0.361 e. The standard InChI is InChI=1S/C18H17BN2O2/c22-18(23)11-9-14-6-7-15-12-16-8-10-17(21(16)19-20(14)15)13-4-2-1-3-5-13/h1-8,10,12,14,19H,9,11H2,(H,22,23). The summed E-state index contributed by atoms with van der Waals surface area (Å²) in [5, 5.41) is 8.92. The molecule has 2 aromatic rings. The third-order valence-electron chi connectivity index (χ3n) is 4.55. The van der Waals surface area contributed by atoms with Crippen LogP contribution in [0, 0.1) is 0 Å². The largest absolute Gasteiger partial charge is 0.481 e. The van der Waals surface area contributed by atoms with Gasteiger partial charge in [0, 0.05) is 29.5 Å². The van der Waals surface area contributed by atoms with Crippen molar-refractivity contribution in [2.24, 2.45) is 0 Å². The molecule has 1 unspecified atom stereocenters. The van der Waals surface area contributed by atoms with Crippen molar-refractivity contribution >= 4 is 19.6 Å². The summed E-state index contributed by atoms with van der Waals surface area (Å²) in [5.74, 6) is -0.737. The SMILES string of the molecule is O=C(O)CCC1C=CC2=Cc3ccc(-c4ccccc4)n3BN21. The van der Waals surface area contributed by atoms with Gasteiger partial charge < -0.3 is 14.4 Å². The average Bonchev–Trinajstić information content (AvgIpc) is 3.15. The monoisotopic (exact) mass is 304 g/mol. The average molecular weight is 304 g/mol. The molecule has 1 aromatic carbocycles. The van der Waals surface area contributed by atoms with Crippen molar-refractivity contribution in [1.82, 2.24) is 9.29 Å². The number of carboxylic acid groups (broad SMARTS) is 1. The lowest BCUT2D eigenvalue weighted by Crippen LogP contribution is -2.39. The molecule has 0 fully saturated rings. The highest BCUT2D eigenvalue weighted by molar-refractivity contribution is 6.34. The van der Waals surface area contributed by atoms with Crippen molar-refractivity contribution in [2.45, 2.75) is 18.9 Å². The Kier molecular flexibility index (Phi) is 3.34. The third-order valence-corrected chi connectivity index (χ3v) is 4.55. The summed E-state index contributed by atoms with van der Waals surface area (Å²) in [5.41, 5.74) is 4.76. The summed E-state index contributed by atoms with van der Waals surface area (Å²) in [6.45, 7) is 0. The van der Waals surface area contributed by atoms with E-state index in [-0.39, 0.29) is 12.5 Å². The van der Waals surface area contributed by atoms with Crippen molar-refractivity contribution in [3.63, 3.8) is 0 Å². The fourth-order valence-corrected chi connectivity index (χ4v) is 3.37. The van der Waals surface area contributed by atoms with Gasteiger partial charge in [-0.15, -0.1) is 0 Å². The third kappa shape index (κ3) is 2.48. The minimum Gasteiger partial charge on any atom is -0.481 e. The van der Waals surface area contributed by atoms with Gasteiger partial charge in [0.1, 0.15) is 0 Å². The molecule has 0 saturated carbocycles. The summed E-state index contributed by atoms with van der Waals surface area (Å²) >= 11 is 0. The van der Waals surface area contributed by atoms with E-state index in [9.17, 15) is 4.79 Å². The van der Waals surface area contributed by atoms with Gasteiger partial charge in [-0.1, -0.05) is 36.4 Å². The number of hydrogen-bond donors (Lipinski definition) is 1. The van der Waals surface area contributed by atoms with E-state index in [0.717, 1.165) is 7.55 Å². The number of aromatic nitrogens is 1. The summed E-state index contributed by atoms with van der Waals surface area (Å²) < 4.78 is 2.29. The fourth-order valence-electron chi connectivity index (χ4n) is 3.37. The van der Waals surface area contributed by atoms with Gasteiger partial charge in [0.15, 0.2) is 0 Å². The van der Waals surface area contributed by atoms with Crippen molar-refractivity contribution in [2.75, 3.05) is 0 Å². The smallest absolute Gasteiger partial charge is 0.361 e. The van der Waals surface area contributed by atoms with Gasteiger partial charge >= 0.3 is 13.5 Å². The molecule has 0 spiro atoms. The summed E-state index contributed by atoms with van der Waals surface area (Å²) in [6.07, 6.45) is 7.23. The van der Waals surface area contributed by atoms with Crippen LogP contribution in [0.3, 0.4) is 0 Å². The van der Waals surface area contributed by atoms with Crippen LogP contribution >= 0.6 is 0 Å². The molecular formula is C18H17BN2O2. The minimum absolute atomic E-state index is 0.163. The lowest BCUT2D eigenvalue weighted by molar-refractivity contribution is -0.137. The molecule has 4 nitrogen and oxygen atoms in total. The molecule has 2 aliphatic heterocycles. The number of hydrogen-bond acceptors (Lipinski definition) is 2. The molecule has 4 rings (SSSR count). The second kappa shape index (κ2) is 5.50. The number of rotatable bonds is 4. The zero-order chi connectivity index (χ0) is 15.8. The topological polar surface area (TPSA) is 45.5 Å². The molecule has 2 aliphatic rings. The van der Waals surface area contributed by atoms with Crippen LogP contribution in [0.2, 0.25) is 0 Å². The summed E-state index contributed by atoms with van der Waals surface area (Å²) in [7, 11) is 0.760. The molecule has 0 saturated heterocycles. The van der Waals surface area contributed by atoms with Crippen molar-refractivity contribution < 1.29 is 9.90 Å². The Balaban J connectivity index is 1.64. The van der Waals surface area contributed by atoms with Crippen LogP contribution < -0.4 is 0 Å². The molecule has 1 atom stereocenters. The van der Waals surface area contributed by atoms with E-state index in [1.807, 2.05) is 18.2 Å². The van der Waals surface area contributed by atoms with Crippen LogP contribution in [0.5, 0.6) is 0 Å². The number of aliphatic carboxylic acids is 1. The molecule has 3 heterocycles. The minimum atomic E-state index is -0.737. The van der Waals surface area contributed by atoms with Crippen LogP contribution in [0.1, 0.15) is 18.5 Å². The number of benzene rings is 1. The van der Waals surface area contributed by atoms with E-state index < -0.39 is 5.97 Å². The van der Waals surface area contributed by atoms with Gasteiger partial charge in [-0.05, 0) is 36.3 Å². The lowest BCUT2D eigenvalue weighted by Gasteiger charge is -2.32. The molecule has 1 N–H and O–H groups in total. The van der Waals surface area contributed by atoms with Crippen molar-refractivity contribution in [3.05, 3.63) is 66.0 Å². The Hall–Kier alpha value is -2.69. The van der Waals surface area contributed by atoms with Crippen LogP contribution in [0.25, 0.3) is 17.3 Å². The lowest BCUT2D eigenvalue weighted by atomic mass is 9.96. The van der Waals surface area contributed by atoms with Gasteiger partial charge in [0.05, 0.1) is 0 Å². The normalized spacial score (nSPS) is 18.2. The molecular weight excluding hydrogens is 287 g/mol. The molecule has 114 valence electrons. The highest BCUT2D eigenvalue weighted by atomic mass is 16.4. The Labute approximate surface area is 135 Å². The molecule has 23 heavy (non-hydrogen) atoms. The fraction of sp³-hybridized carbons (Fsp3) is 0.167. The predicted octanol–water partition coefficient (Wildman–Crippen LogP) is 2.73. The van der Waals surface area contributed by atoms with Gasteiger partial charge in [-0.3, -0.25) is 4.79 Å². The van der Waals surface area contributed by atoms with Gasteiger partial charge in [-0.25, -0.2) is 0 Å². The highest BCUT2D eigenvalue weighted by Gasteiger charge is 2.29. The molecule has 0 amide bonds. The first kappa shape index (κ1) is 13.9. The maximum atomic E-state index is 10.8. The Bertz CT molecular complexity index is 808. The first-order chi connectivity index (χ1) is 11.2. The predicted molar refractivity (Wildman–Crippen MR) is 92.0 cm³/mol. The first-order valence-corrected chi connectivity index (χ1v) is 7.86. The zero-order valence-corrected chi connectivity index (χ0v) is 12.7. The van der Waals surface area contributed by atoms with E-state index in [1.54, 1.807) is 0 Å². The number of carboxylic acids is 1. The Morgan fingerprint density at radius 3 is 2.78 bits per heavy atom. The molecule has 1 aromatic heterocycles. The summed E-state index contributed by atoms with van der Waals surface area (Å²) in [6, 6.07) is 14.8. The van der Waals surface area contributed by atoms with E-state index >= 15 is 0 Å². The van der Waals surface area contributed by atoms with Crippen LogP contribution in [0.4, 0.5) is 0 Å². The molecule has 0 bridgehead atoms. The van der Waals surface area contributed by atoms with Crippen molar-refractivity contribution in [3.8, 4) is 11.3 Å². The number of carbonyl (C=O) groups is 1. The highest BCUT2D eigenvalue weighted by Crippen LogP contribution is 2.32. The second-order valence-electron chi connectivity index (χ2n) is 5.98. The number of nitrogens with zero attached hydrogens (tertiary/aromatic N) is 2. The molecule has 0 radical (unpaired) electrons. The molecule has 5 heteroatoms. The van der Waals surface area contributed by atoms with E-state index in [0.29, 0.717) is 6.42 Å². The quantitative estimate of drug-likeness (QED) is 0.883. The van der Waals surface area contributed by atoms with E-state index in [4.69, 9.17) is 5.11 Å². The van der Waals surface area contributed by atoms with Crippen LogP contribution in [-0.2, 0) is 4.79 Å². The Morgan fingerprint density at radius 1 is 1.17 bits per heavy atom. The number of allylic oxidation sites excluding steroid dienone is 1. The maximum absolute atomic E-state index is 10.8. The molecule has 0 aliphatic carbocycles. The number of fused-ring (bicyclic) bond motifs is 2. The first-order valence-electron chi connectivity index (χ1n) is 7.86. The Morgan fingerprint density at radius 2 is 2.00 bits per heavy atom. The van der Waals surface area contributed by atoms with Crippen LogP contribution in [0.15, 0.2) is 60.3 Å².